The lowest BCUT2D eigenvalue weighted by atomic mass is 10.1. The lowest BCUT2D eigenvalue weighted by Gasteiger charge is -2.30. The minimum Gasteiger partial charge on any atom is -0.355 e. The average molecular weight is 328 g/mol. The first kappa shape index (κ1) is 17.1. The molecule has 2 aliphatic rings. The van der Waals surface area contributed by atoms with Crippen molar-refractivity contribution in [1.82, 2.24) is 21.3 Å². The van der Waals surface area contributed by atoms with Gasteiger partial charge in [0.1, 0.15) is 5.50 Å². The van der Waals surface area contributed by atoms with Gasteiger partial charge in [0.05, 0.1) is 5.75 Å². The molecule has 0 radical (unpaired) electrons. The van der Waals surface area contributed by atoms with Crippen LogP contribution in [0.2, 0.25) is 0 Å². The Hall–Kier alpha value is -1.28. The van der Waals surface area contributed by atoms with Crippen LogP contribution < -0.4 is 21.3 Å². The fraction of sp³-hybridized carbons (Fsp3) is 0.786. The highest BCUT2D eigenvalue weighted by atomic mass is 32.2. The van der Waals surface area contributed by atoms with Crippen LogP contribution in [0.25, 0.3) is 0 Å². The fourth-order valence-electron chi connectivity index (χ4n) is 2.18. The van der Waals surface area contributed by atoms with Crippen molar-refractivity contribution in [3.63, 3.8) is 0 Å². The van der Waals surface area contributed by atoms with E-state index in [1.165, 1.54) is 11.8 Å². The van der Waals surface area contributed by atoms with E-state index in [0.29, 0.717) is 19.0 Å². The second-order valence-corrected chi connectivity index (χ2v) is 6.82. The Morgan fingerprint density at radius 1 is 1.32 bits per heavy atom. The standard InChI is InChI=1S/C14H24N4O3S/c1-2-5-15-13(21)8-22-14-17-10(7-12(20)18-14)6-11(19)16-9-3-4-9/h9-10,14,17H,2-8H2,1H3,(H,15,21)(H,16,19)(H,18,20). The molecule has 1 aliphatic carbocycles. The molecule has 2 fully saturated rings. The van der Waals surface area contributed by atoms with E-state index in [1.807, 2.05) is 6.92 Å². The molecule has 1 heterocycles. The molecule has 0 spiro atoms. The zero-order valence-corrected chi connectivity index (χ0v) is 13.6. The molecule has 0 bridgehead atoms. The summed E-state index contributed by atoms with van der Waals surface area (Å²) < 4.78 is 0. The zero-order chi connectivity index (χ0) is 15.9. The molecule has 4 N–H and O–H groups in total. The second kappa shape index (κ2) is 8.38. The first-order valence-corrected chi connectivity index (χ1v) is 8.84. The van der Waals surface area contributed by atoms with Gasteiger partial charge in [-0.05, 0) is 19.3 Å². The van der Waals surface area contributed by atoms with E-state index in [2.05, 4.69) is 21.3 Å². The normalized spacial score (nSPS) is 24.5. The van der Waals surface area contributed by atoms with Crippen LogP contribution in [0.3, 0.4) is 0 Å². The Balaban J connectivity index is 1.71. The van der Waals surface area contributed by atoms with Crippen molar-refractivity contribution in [3.8, 4) is 0 Å². The van der Waals surface area contributed by atoms with Crippen LogP contribution in [0.15, 0.2) is 0 Å². The van der Waals surface area contributed by atoms with Gasteiger partial charge < -0.3 is 16.0 Å². The Morgan fingerprint density at radius 2 is 2.09 bits per heavy atom. The molecule has 124 valence electrons. The number of carbonyl (C=O) groups excluding carboxylic acids is 3. The summed E-state index contributed by atoms with van der Waals surface area (Å²) in [5, 5.41) is 11.7. The molecule has 2 rings (SSSR count). The Morgan fingerprint density at radius 3 is 2.77 bits per heavy atom. The van der Waals surface area contributed by atoms with Crippen molar-refractivity contribution in [3.05, 3.63) is 0 Å². The third-order valence-electron chi connectivity index (χ3n) is 3.44. The Labute approximate surface area is 134 Å². The Bertz CT molecular complexity index is 428. The highest BCUT2D eigenvalue weighted by Crippen LogP contribution is 2.19. The summed E-state index contributed by atoms with van der Waals surface area (Å²) in [7, 11) is 0. The number of rotatable bonds is 8. The van der Waals surface area contributed by atoms with Gasteiger partial charge in [0.2, 0.25) is 17.7 Å². The van der Waals surface area contributed by atoms with Gasteiger partial charge in [-0.25, -0.2) is 0 Å². The molecule has 22 heavy (non-hydrogen) atoms. The quantitative estimate of drug-likeness (QED) is 0.489. The van der Waals surface area contributed by atoms with Crippen LogP contribution in [0.4, 0.5) is 0 Å². The van der Waals surface area contributed by atoms with Crippen molar-refractivity contribution < 1.29 is 14.4 Å². The van der Waals surface area contributed by atoms with E-state index in [-0.39, 0.29) is 41.4 Å². The van der Waals surface area contributed by atoms with Crippen LogP contribution >= 0.6 is 11.8 Å². The number of nitrogens with one attached hydrogen (secondary N) is 4. The highest BCUT2D eigenvalue weighted by molar-refractivity contribution is 8.00. The Kier molecular flexibility index (Phi) is 6.50. The summed E-state index contributed by atoms with van der Waals surface area (Å²) in [6.45, 7) is 2.65. The van der Waals surface area contributed by atoms with Crippen molar-refractivity contribution in [2.45, 2.75) is 56.6 Å². The maximum Gasteiger partial charge on any atom is 0.230 e. The number of carbonyl (C=O) groups is 3. The minimum absolute atomic E-state index is 0.0147. The maximum atomic E-state index is 11.8. The first-order chi connectivity index (χ1) is 10.6. The van der Waals surface area contributed by atoms with Gasteiger partial charge in [0.25, 0.3) is 0 Å². The number of amides is 3. The van der Waals surface area contributed by atoms with Gasteiger partial charge >= 0.3 is 0 Å². The van der Waals surface area contributed by atoms with E-state index in [9.17, 15) is 14.4 Å². The van der Waals surface area contributed by atoms with E-state index < -0.39 is 0 Å². The molecular weight excluding hydrogens is 304 g/mol. The summed E-state index contributed by atoms with van der Waals surface area (Å²) in [5.74, 6) is 0.129. The molecule has 2 unspecified atom stereocenters. The van der Waals surface area contributed by atoms with Gasteiger partial charge in [-0.3, -0.25) is 19.7 Å². The summed E-state index contributed by atoms with van der Waals surface area (Å²) in [6.07, 6.45) is 3.58. The molecular formula is C14H24N4O3S. The van der Waals surface area contributed by atoms with Gasteiger partial charge in [-0.2, -0.15) is 0 Å². The van der Waals surface area contributed by atoms with Crippen molar-refractivity contribution >= 4 is 29.5 Å². The predicted octanol–water partition coefficient (Wildman–Crippen LogP) is -0.324. The van der Waals surface area contributed by atoms with Crippen molar-refractivity contribution in [2.75, 3.05) is 12.3 Å². The minimum atomic E-state index is -0.327. The predicted molar refractivity (Wildman–Crippen MR) is 85.0 cm³/mol. The van der Waals surface area contributed by atoms with E-state index in [4.69, 9.17) is 0 Å². The molecule has 1 saturated heterocycles. The average Bonchev–Trinajstić information content (AvgIpc) is 3.26. The summed E-state index contributed by atoms with van der Waals surface area (Å²) >= 11 is 1.33. The number of hydrogen-bond acceptors (Lipinski definition) is 5. The van der Waals surface area contributed by atoms with Crippen LogP contribution in [0, 0.1) is 0 Å². The van der Waals surface area contributed by atoms with Gasteiger partial charge in [0, 0.05) is 31.5 Å². The molecule has 1 aliphatic heterocycles. The van der Waals surface area contributed by atoms with Crippen LogP contribution in [0.5, 0.6) is 0 Å². The van der Waals surface area contributed by atoms with Gasteiger partial charge in [-0.15, -0.1) is 11.8 Å². The molecule has 2 atom stereocenters. The smallest absolute Gasteiger partial charge is 0.230 e. The zero-order valence-electron chi connectivity index (χ0n) is 12.8. The van der Waals surface area contributed by atoms with Crippen LogP contribution in [0.1, 0.15) is 39.0 Å². The van der Waals surface area contributed by atoms with Crippen LogP contribution in [-0.2, 0) is 14.4 Å². The summed E-state index contributed by atoms with van der Waals surface area (Å²) in [5.41, 5.74) is -0.327. The molecule has 3 amide bonds. The lowest BCUT2D eigenvalue weighted by molar-refractivity contribution is -0.125. The molecule has 7 nitrogen and oxygen atoms in total. The monoisotopic (exact) mass is 328 g/mol. The van der Waals surface area contributed by atoms with Gasteiger partial charge in [0.15, 0.2) is 0 Å². The third-order valence-corrected chi connectivity index (χ3v) is 4.45. The third kappa shape index (κ3) is 6.23. The highest BCUT2D eigenvalue weighted by Gasteiger charge is 2.30. The SMILES string of the molecule is CCCNC(=O)CSC1NC(=O)CC(CC(=O)NC2CC2)N1. The van der Waals surface area contributed by atoms with Crippen LogP contribution in [-0.4, -0.2) is 47.6 Å². The lowest BCUT2D eigenvalue weighted by Crippen LogP contribution is -2.56. The molecule has 0 aromatic carbocycles. The molecule has 0 aromatic rings. The largest absolute Gasteiger partial charge is 0.355 e. The van der Waals surface area contributed by atoms with E-state index in [1.54, 1.807) is 0 Å². The fourth-order valence-corrected chi connectivity index (χ4v) is 3.10. The summed E-state index contributed by atoms with van der Waals surface area (Å²) in [4.78, 5) is 35.1. The maximum absolute atomic E-state index is 11.8. The summed E-state index contributed by atoms with van der Waals surface area (Å²) in [6, 6.07) is 0.154. The second-order valence-electron chi connectivity index (χ2n) is 5.72. The van der Waals surface area contributed by atoms with E-state index in [0.717, 1.165) is 19.3 Å². The number of thioether (sulfide) groups is 1. The van der Waals surface area contributed by atoms with Gasteiger partial charge in [-0.1, -0.05) is 6.92 Å². The van der Waals surface area contributed by atoms with Crippen molar-refractivity contribution in [2.24, 2.45) is 0 Å². The molecule has 0 aromatic heterocycles. The molecule has 1 saturated carbocycles. The molecule has 8 heteroatoms. The number of hydrogen-bond donors (Lipinski definition) is 4. The first-order valence-electron chi connectivity index (χ1n) is 7.80. The topological polar surface area (TPSA) is 99.3 Å². The van der Waals surface area contributed by atoms with E-state index >= 15 is 0 Å². The van der Waals surface area contributed by atoms with Crippen molar-refractivity contribution in [1.29, 1.82) is 0 Å².